The number of hydrogen-bond donors (Lipinski definition) is 0. The van der Waals surface area contributed by atoms with Crippen molar-refractivity contribution in [2.24, 2.45) is 0 Å². The highest BCUT2D eigenvalue weighted by Gasteiger charge is 2.32. The first kappa shape index (κ1) is 18.1. The van der Waals surface area contributed by atoms with Crippen LogP contribution in [0.15, 0.2) is 0 Å². The molecule has 2 heterocycles. The highest BCUT2D eigenvalue weighted by Crippen LogP contribution is 2.01. The minimum absolute atomic E-state index is 0.901. The molecule has 0 aromatic heterocycles. The molecule has 2 saturated heterocycles. The summed E-state index contributed by atoms with van der Waals surface area (Å²) in [6.45, 7) is 0. The van der Waals surface area contributed by atoms with Gasteiger partial charge in [-0.25, -0.2) is 0 Å². The molecule has 0 bridgehead atoms. The quantitative estimate of drug-likeness (QED) is 0.353. The van der Waals surface area contributed by atoms with Gasteiger partial charge in [-0.3, -0.25) is 0 Å². The molecule has 0 atom stereocenters. The summed E-state index contributed by atoms with van der Waals surface area (Å²) in [5.41, 5.74) is 0. The van der Waals surface area contributed by atoms with Crippen LogP contribution >= 0.6 is 0 Å². The first-order chi connectivity index (χ1) is 9.97. The molecule has 2 rings (SSSR count). The summed E-state index contributed by atoms with van der Waals surface area (Å²) < 4.78 is 55.8. The maximum atomic E-state index is 5.82. The molecule has 0 N–H and O–H groups in total. The van der Waals surface area contributed by atoms with Crippen molar-refractivity contribution in [3.63, 3.8) is 0 Å². The fraction of sp³-hybridized carbons (Fsp3) is 0. The topological polar surface area (TPSA) is 92.3 Å². The van der Waals surface area contributed by atoms with E-state index in [9.17, 15) is 0 Å². The monoisotopic (exact) mass is 458 g/mol. The van der Waals surface area contributed by atoms with E-state index in [2.05, 4.69) is 0 Å². The fourth-order valence-corrected chi connectivity index (χ4v) is 29.7. The standard InChI is InChI=1S/H18O10Si10/c1-11-3-15-7-19(8-16-4-12-1)20-9-17-5-13-2-14-6-18-10-20/h19-20H,11-18H2. The van der Waals surface area contributed by atoms with Gasteiger partial charge < -0.3 is 41.2 Å². The van der Waals surface area contributed by atoms with E-state index in [0.717, 1.165) is 0 Å². The summed E-state index contributed by atoms with van der Waals surface area (Å²) in [6, 6.07) is 0. The third-order valence-electron chi connectivity index (χ3n) is 2.15. The molecular weight excluding hydrogens is 441 g/mol. The zero-order chi connectivity index (χ0) is 13.9. The molecule has 0 saturated carbocycles. The Bertz CT molecular complexity index is 196. The van der Waals surface area contributed by atoms with Crippen LogP contribution in [0.1, 0.15) is 0 Å². The second-order valence-corrected chi connectivity index (χ2v) is 25.3. The van der Waals surface area contributed by atoms with Crippen molar-refractivity contribution >= 4 is 97.7 Å². The van der Waals surface area contributed by atoms with Crippen molar-refractivity contribution in [3.8, 4) is 0 Å². The molecule has 0 amide bonds. The van der Waals surface area contributed by atoms with Gasteiger partial charge in [0.25, 0.3) is 80.1 Å². The first-order valence-corrected chi connectivity index (χ1v) is 19.7. The molecule has 2 aliphatic heterocycles. The summed E-state index contributed by atoms with van der Waals surface area (Å²) in [6.07, 6.45) is 0. The third-order valence-corrected chi connectivity index (χ3v) is 26.3. The number of rotatable bonds is 1. The molecule has 20 heavy (non-hydrogen) atoms. The van der Waals surface area contributed by atoms with E-state index < -0.39 is 97.7 Å². The highest BCUT2D eigenvalue weighted by atomic mass is 29.2. The number of hydrogen-bond acceptors (Lipinski definition) is 10. The van der Waals surface area contributed by atoms with Crippen LogP contribution in [-0.4, -0.2) is 97.7 Å². The lowest BCUT2D eigenvalue weighted by atomic mass is 15.7. The van der Waals surface area contributed by atoms with Gasteiger partial charge in [-0.05, 0) is 0 Å². The average Bonchev–Trinajstić information content (AvgIpc) is 2.50. The zero-order valence-electron chi connectivity index (χ0n) is 10.9. The van der Waals surface area contributed by atoms with Gasteiger partial charge in [0.1, 0.15) is 0 Å². The van der Waals surface area contributed by atoms with E-state index in [1.807, 2.05) is 0 Å². The molecular formula is H18O10Si10. The molecule has 0 unspecified atom stereocenters. The van der Waals surface area contributed by atoms with Crippen molar-refractivity contribution in [2.75, 3.05) is 0 Å². The van der Waals surface area contributed by atoms with Crippen LogP contribution in [0.25, 0.3) is 0 Å². The van der Waals surface area contributed by atoms with Gasteiger partial charge >= 0.3 is 17.6 Å². The van der Waals surface area contributed by atoms with E-state index in [-0.39, 0.29) is 0 Å². The summed E-state index contributed by atoms with van der Waals surface area (Å²) >= 11 is 0. The van der Waals surface area contributed by atoms with Gasteiger partial charge in [-0.2, -0.15) is 0 Å². The van der Waals surface area contributed by atoms with E-state index in [1.54, 1.807) is 0 Å². The predicted octanol–water partition coefficient (Wildman–Crippen LogP) is -9.31. The Morgan fingerprint density at radius 2 is 0.600 bits per heavy atom. The Balaban J connectivity index is 1.81. The molecule has 0 spiro atoms. The van der Waals surface area contributed by atoms with Crippen LogP contribution < -0.4 is 0 Å². The van der Waals surface area contributed by atoms with Crippen molar-refractivity contribution in [3.05, 3.63) is 0 Å². The van der Waals surface area contributed by atoms with E-state index in [4.69, 9.17) is 41.2 Å². The van der Waals surface area contributed by atoms with Gasteiger partial charge in [0.2, 0.25) is 0 Å². The second kappa shape index (κ2) is 12.2. The van der Waals surface area contributed by atoms with E-state index in [1.165, 1.54) is 0 Å². The Hall–Kier alpha value is 1.77. The van der Waals surface area contributed by atoms with Crippen LogP contribution in [-0.2, 0) is 41.2 Å². The molecule has 2 aliphatic rings. The van der Waals surface area contributed by atoms with Crippen LogP contribution in [0.5, 0.6) is 0 Å². The van der Waals surface area contributed by atoms with Crippen LogP contribution in [0.2, 0.25) is 0 Å². The summed E-state index contributed by atoms with van der Waals surface area (Å²) in [7, 11) is -11.7. The summed E-state index contributed by atoms with van der Waals surface area (Å²) in [5, 5.41) is 0. The minimum atomic E-state index is -1.96. The average molecular weight is 459 g/mol. The van der Waals surface area contributed by atoms with Crippen molar-refractivity contribution in [2.45, 2.75) is 0 Å². The molecule has 0 radical (unpaired) electrons. The van der Waals surface area contributed by atoms with Gasteiger partial charge in [0.05, 0.1) is 0 Å². The molecule has 0 aromatic carbocycles. The first-order valence-electron chi connectivity index (χ1n) is 5.89. The Kier molecular flexibility index (Phi) is 11.1. The lowest BCUT2D eigenvalue weighted by Gasteiger charge is -2.26. The molecule has 10 nitrogen and oxygen atoms in total. The Morgan fingerprint density at radius 3 is 0.900 bits per heavy atom. The lowest BCUT2D eigenvalue weighted by molar-refractivity contribution is 0.311. The fourth-order valence-electron chi connectivity index (χ4n) is 1.31. The molecule has 0 aliphatic carbocycles. The normalized spacial score (nSPS) is 42.0. The van der Waals surface area contributed by atoms with Gasteiger partial charge in [-0.15, -0.1) is 0 Å². The maximum Gasteiger partial charge on any atom is 0.344 e. The van der Waals surface area contributed by atoms with Gasteiger partial charge in [-0.1, -0.05) is 0 Å². The summed E-state index contributed by atoms with van der Waals surface area (Å²) in [5.74, 6) is 0. The lowest BCUT2D eigenvalue weighted by Crippen LogP contribution is -2.50. The zero-order valence-corrected chi connectivity index (χ0v) is 24.5. The smallest absolute Gasteiger partial charge is 0.344 e. The second-order valence-electron chi connectivity index (χ2n) is 3.57. The minimum Gasteiger partial charge on any atom is -0.425 e. The Labute approximate surface area is 138 Å². The maximum absolute atomic E-state index is 5.82. The van der Waals surface area contributed by atoms with Gasteiger partial charge in [0, 0.05) is 0 Å². The van der Waals surface area contributed by atoms with E-state index >= 15 is 0 Å². The molecule has 2 fully saturated rings. The predicted molar refractivity (Wildman–Crippen MR) is 93.5 cm³/mol. The van der Waals surface area contributed by atoms with Crippen molar-refractivity contribution < 1.29 is 41.2 Å². The SMILES string of the molecule is O1[SiH2]O[SiH2]O[SiH]([SiH]2O[SiH2]O[SiH2]O[SiH2]O[SiH2]O2)O[SiH2]O[SiH2]1. The van der Waals surface area contributed by atoms with Crippen LogP contribution in [0.3, 0.4) is 0 Å². The van der Waals surface area contributed by atoms with Crippen molar-refractivity contribution in [1.82, 2.24) is 0 Å². The van der Waals surface area contributed by atoms with Gasteiger partial charge in [0.15, 0.2) is 0 Å². The van der Waals surface area contributed by atoms with Crippen LogP contribution in [0.4, 0.5) is 0 Å². The van der Waals surface area contributed by atoms with E-state index in [0.29, 0.717) is 0 Å². The molecule has 20 heteroatoms. The van der Waals surface area contributed by atoms with Crippen LogP contribution in [0, 0.1) is 0 Å². The summed E-state index contributed by atoms with van der Waals surface area (Å²) in [4.78, 5) is 0. The molecule has 0 aromatic rings. The van der Waals surface area contributed by atoms with Crippen molar-refractivity contribution in [1.29, 1.82) is 0 Å². The third kappa shape index (κ3) is 7.86. The Morgan fingerprint density at radius 1 is 0.350 bits per heavy atom. The highest BCUT2D eigenvalue weighted by molar-refractivity contribution is 7.14. The largest absolute Gasteiger partial charge is 0.425 e. The molecule has 118 valence electrons.